The van der Waals surface area contributed by atoms with Crippen LogP contribution in [0.25, 0.3) is 0 Å². The standard InChI is InChI=1S/C17H21N3O2/c21-13-15(11-16-3-1-2-8-19-16)12-20-17(22)5-4-14-6-9-18-10-7-14/h1-3,6-10,15,21H,4-5,11-13H2,(H,20,22). The van der Waals surface area contributed by atoms with Crippen LogP contribution in [0.2, 0.25) is 0 Å². The highest BCUT2D eigenvalue weighted by Crippen LogP contribution is 2.05. The first-order chi connectivity index (χ1) is 10.8. The van der Waals surface area contributed by atoms with Crippen molar-refractivity contribution in [1.82, 2.24) is 15.3 Å². The van der Waals surface area contributed by atoms with E-state index in [0.717, 1.165) is 11.3 Å². The van der Waals surface area contributed by atoms with Gasteiger partial charge in [-0.05, 0) is 42.7 Å². The van der Waals surface area contributed by atoms with Gasteiger partial charge in [0, 0.05) is 49.8 Å². The molecule has 0 aliphatic heterocycles. The van der Waals surface area contributed by atoms with E-state index in [1.807, 2.05) is 30.3 Å². The summed E-state index contributed by atoms with van der Waals surface area (Å²) in [6.07, 6.45) is 6.97. The topological polar surface area (TPSA) is 75.1 Å². The highest BCUT2D eigenvalue weighted by atomic mass is 16.3. The Bertz CT molecular complexity index is 561. The van der Waals surface area contributed by atoms with Crippen molar-refractivity contribution >= 4 is 5.91 Å². The maximum atomic E-state index is 11.9. The maximum absolute atomic E-state index is 11.9. The summed E-state index contributed by atoms with van der Waals surface area (Å²) in [4.78, 5) is 20.1. The van der Waals surface area contributed by atoms with Crippen LogP contribution in [0, 0.1) is 5.92 Å². The molecule has 0 bridgehead atoms. The van der Waals surface area contributed by atoms with Crippen LogP contribution in [0.3, 0.4) is 0 Å². The van der Waals surface area contributed by atoms with Gasteiger partial charge in [0.25, 0.3) is 0 Å². The summed E-state index contributed by atoms with van der Waals surface area (Å²) in [5.74, 6) is -0.0175. The van der Waals surface area contributed by atoms with E-state index in [1.54, 1.807) is 18.6 Å². The fraction of sp³-hybridized carbons (Fsp3) is 0.353. The van der Waals surface area contributed by atoms with Crippen molar-refractivity contribution in [2.24, 2.45) is 5.92 Å². The molecular weight excluding hydrogens is 278 g/mol. The third-order valence-electron chi connectivity index (χ3n) is 3.46. The minimum absolute atomic E-state index is 0.00344. The number of pyridine rings is 2. The van der Waals surface area contributed by atoms with Gasteiger partial charge in [0.15, 0.2) is 0 Å². The van der Waals surface area contributed by atoms with Gasteiger partial charge < -0.3 is 10.4 Å². The van der Waals surface area contributed by atoms with E-state index >= 15 is 0 Å². The molecule has 1 amide bonds. The lowest BCUT2D eigenvalue weighted by Crippen LogP contribution is -2.32. The summed E-state index contributed by atoms with van der Waals surface area (Å²) < 4.78 is 0. The molecule has 2 aromatic rings. The molecule has 0 spiro atoms. The number of hydrogen-bond acceptors (Lipinski definition) is 4. The average molecular weight is 299 g/mol. The first-order valence-corrected chi connectivity index (χ1v) is 7.44. The van der Waals surface area contributed by atoms with E-state index < -0.39 is 0 Å². The predicted octanol–water partition coefficient (Wildman–Crippen LogP) is 1.38. The molecule has 1 unspecified atom stereocenters. The van der Waals surface area contributed by atoms with Crippen molar-refractivity contribution in [3.05, 3.63) is 60.2 Å². The minimum Gasteiger partial charge on any atom is -0.396 e. The molecule has 1 atom stereocenters. The van der Waals surface area contributed by atoms with Crippen molar-refractivity contribution in [2.75, 3.05) is 13.2 Å². The van der Waals surface area contributed by atoms with Crippen LogP contribution < -0.4 is 5.32 Å². The number of aryl methyl sites for hydroxylation is 1. The van der Waals surface area contributed by atoms with E-state index in [2.05, 4.69) is 15.3 Å². The number of aliphatic hydroxyl groups is 1. The Morgan fingerprint density at radius 2 is 2.00 bits per heavy atom. The molecule has 0 aliphatic rings. The molecule has 2 rings (SSSR count). The Morgan fingerprint density at radius 1 is 1.18 bits per heavy atom. The second-order valence-corrected chi connectivity index (χ2v) is 5.23. The second kappa shape index (κ2) is 8.89. The van der Waals surface area contributed by atoms with E-state index in [4.69, 9.17) is 0 Å². The van der Waals surface area contributed by atoms with E-state index in [1.165, 1.54) is 0 Å². The minimum atomic E-state index is -0.0141. The van der Waals surface area contributed by atoms with Crippen molar-refractivity contribution < 1.29 is 9.90 Å². The zero-order chi connectivity index (χ0) is 15.6. The molecule has 22 heavy (non-hydrogen) atoms. The molecule has 5 nitrogen and oxygen atoms in total. The molecule has 5 heteroatoms. The monoisotopic (exact) mass is 299 g/mol. The van der Waals surface area contributed by atoms with Gasteiger partial charge >= 0.3 is 0 Å². The Kier molecular flexibility index (Phi) is 6.51. The van der Waals surface area contributed by atoms with Crippen molar-refractivity contribution in [3.8, 4) is 0 Å². The Balaban J connectivity index is 1.72. The lowest BCUT2D eigenvalue weighted by atomic mass is 10.0. The zero-order valence-corrected chi connectivity index (χ0v) is 12.5. The van der Waals surface area contributed by atoms with Crippen molar-refractivity contribution in [1.29, 1.82) is 0 Å². The molecule has 0 fully saturated rings. The molecule has 2 N–H and O–H groups in total. The van der Waals surface area contributed by atoms with Crippen LogP contribution in [0.1, 0.15) is 17.7 Å². The fourth-order valence-electron chi connectivity index (χ4n) is 2.17. The third kappa shape index (κ3) is 5.61. The molecule has 0 radical (unpaired) electrons. The van der Waals surface area contributed by atoms with Crippen LogP contribution in [0.5, 0.6) is 0 Å². The third-order valence-corrected chi connectivity index (χ3v) is 3.46. The average Bonchev–Trinajstić information content (AvgIpc) is 2.58. The van der Waals surface area contributed by atoms with Crippen LogP contribution >= 0.6 is 0 Å². The summed E-state index contributed by atoms with van der Waals surface area (Å²) in [5, 5.41) is 12.3. The summed E-state index contributed by atoms with van der Waals surface area (Å²) in [7, 11) is 0. The van der Waals surface area contributed by atoms with Gasteiger partial charge in [-0.1, -0.05) is 6.07 Å². The van der Waals surface area contributed by atoms with Crippen molar-refractivity contribution in [3.63, 3.8) is 0 Å². The van der Waals surface area contributed by atoms with Crippen molar-refractivity contribution in [2.45, 2.75) is 19.3 Å². The molecule has 116 valence electrons. The molecular formula is C17H21N3O2. The first-order valence-electron chi connectivity index (χ1n) is 7.44. The van der Waals surface area contributed by atoms with Gasteiger partial charge in [-0.3, -0.25) is 14.8 Å². The Hall–Kier alpha value is -2.27. The molecule has 2 heterocycles. The normalized spacial score (nSPS) is 11.9. The van der Waals surface area contributed by atoms with Crippen LogP contribution in [0.15, 0.2) is 48.9 Å². The van der Waals surface area contributed by atoms with Crippen LogP contribution in [-0.4, -0.2) is 34.1 Å². The van der Waals surface area contributed by atoms with Gasteiger partial charge in [0.1, 0.15) is 0 Å². The number of carbonyl (C=O) groups is 1. The molecule has 0 aromatic carbocycles. The summed E-state index contributed by atoms with van der Waals surface area (Å²) in [6.45, 7) is 0.490. The highest BCUT2D eigenvalue weighted by molar-refractivity contribution is 5.76. The second-order valence-electron chi connectivity index (χ2n) is 5.23. The number of nitrogens with one attached hydrogen (secondary N) is 1. The highest BCUT2D eigenvalue weighted by Gasteiger charge is 2.11. The maximum Gasteiger partial charge on any atom is 0.220 e. The number of rotatable bonds is 8. The van der Waals surface area contributed by atoms with Gasteiger partial charge in [0.2, 0.25) is 5.91 Å². The number of amides is 1. The molecule has 0 aliphatic carbocycles. The van der Waals surface area contributed by atoms with E-state index in [9.17, 15) is 9.90 Å². The fourth-order valence-corrected chi connectivity index (χ4v) is 2.17. The number of carbonyl (C=O) groups excluding carboxylic acids is 1. The molecule has 2 aromatic heterocycles. The lowest BCUT2D eigenvalue weighted by Gasteiger charge is -2.14. The summed E-state index contributed by atoms with van der Waals surface area (Å²) in [6, 6.07) is 9.52. The molecule has 0 saturated carbocycles. The van der Waals surface area contributed by atoms with Crippen LogP contribution in [-0.2, 0) is 17.6 Å². The number of aliphatic hydroxyl groups excluding tert-OH is 1. The van der Waals surface area contributed by atoms with Gasteiger partial charge in [-0.25, -0.2) is 0 Å². The SMILES string of the molecule is O=C(CCc1ccncc1)NCC(CO)Cc1ccccn1. The summed E-state index contributed by atoms with van der Waals surface area (Å²) >= 11 is 0. The number of hydrogen-bond donors (Lipinski definition) is 2. The van der Waals surface area contributed by atoms with Crippen LogP contribution in [0.4, 0.5) is 0 Å². The number of aromatic nitrogens is 2. The molecule has 0 saturated heterocycles. The zero-order valence-electron chi connectivity index (χ0n) is 12.5. The lowest BCUT2D eigenvalue weighted by molar-refractivity contribution is -0.121. The first kappa shape index (κ1) is 16.1. The predicted molar refractivity (Wildman–Crippen MR) is 84.1 cm³/mol. The largest absolute Gasteiger partial charge is 0.396 e. The number of nitrogens with zero attached hydrogens (tertiary/aromatic N) is 2. The van der Waals surface area contributed by atoms with Gasteiger partial charge in [-0.2, -0.15) is 0 Å². The smallest absolute Gasteiger partial charge is 0.220 e. The quantitative estimate of drug-likeness (QED) is 0.772. The van der Waals surface area contributed by atoms with E-state index in [0.29, 0.717) is 25.8 Å². The Morgan fingerprint density at radius 3 is 2.68 bits per heavy atom. The van der Waals surface area contributed by atoms with E-state index in [-0.39, 0.29) is 18.4 Å². The van der Waals surface area contributed by atoms with Gasteiger partial charge in [0.05, 0.1) is 0 Å². The summed E-state index contributed by atoms with van der Waals surface area (Å²) in [5.41, 5.74) is 2.02. The van der Waals surface area contributed by atoms with Gasteiger partial charge in [-0.15, -0.1) is 0 Å². The Labute approximate surface area is 130 Å².